The van der Waals surface area contributed by atoms with Crippen molar-refractivity contribution >= 4 is 11.9 Å². The Bertz CT molecular complexity index is 361. The smallest absolute Gasteiger partial charge is 0.321 e. The summed E-state index contributed by atoms with van der Waals surface area (Å²) in [5.41, 5.74) is 0. The molecule has 3 N–H and O–H groups in total. The lowest BCUT2D eigenvalue weighted by Crippen LogP contribution is -2.49. The fourth-order valence-electron chi connectivity index (χ4n) is 3.48. The summed E-state index contributed by atoms with van der Waals surface area (Å²) in [6.45, 7) is 3.24. The first kappa shape index (κ1) is 17.2. The van der Waals surface area contributed by atoms with E-state index in [0.29, 0.717) is 12.5 Å². The average Bonchev–Trinajstić information content (AvgIpc) is 2.50. The lowest BCUT2D eigenvalue weighted by Gasteiger charge is -2.31. The molecule has 0 bridgehead atoms. The first-order valence-corrected chi connectivity index (χ1v) is 8.64. The summed E-state index contributed by atoms with van der Waals surface area (Å²) in [4.78, 5) is 25.9. The molecule has 22 heavy (non-hydrogen) atoms. The van der Waals surface area contributed by atoms with E-state index in [0.717, 1.165) is 45.3 Å². The molecule has 2 fully saturated rings. The highest BCUT2D eigenvalue weighted by Gasteiger charge is 2.22. The van der Waals surface area contributed by atoms with Crippen LogP contribution in [-0.2, 0) is 4.79 Å². The molecule has 1 saturated carbocycles. The topological polar surface area (TPSA) is 73.5 Å². The molecule has 6 nitrogen and oxygen atoms in total. The number of hydrogen-bond donors (Lipinski definition) is 3. The van der Waals surface area contributed by atoms with E-state index >= 15 is 0 Å². The van der Waals surface area contributed by atoms with Gasteiger partial charge in [0.25, 0.3) is 0 Å². The number of nitrogens with one attached hydrogen (secondary N) is 3. The molecule has 2 aliphatic rings. The number of imide groups is 1. The summed E-state index contributed by atoms with van der Waals surface area (Å²) in [5, 5.41) is 8.59. The minimum absolute atomic E-state index is 0.194. The lowest BCUT2D eigenvalue weighted by atomic mass is 9.96. The highest BCUT2D eigenvalue weighted by Crippen LogP contribution is 2.17. The summed E-state index contributed by atoms with van der Waals surface area (Å²) >= 11 is 0. The molecule has 0 spiro atoms. The summed E-state index contributed by atoms with van der Waals surface area (Å²) in [6.07, 6.45) is 7.87. The lowest BCUT2D eigenvalue weighted by molar-refractivity contribution is -0.121. The maximum absolute atomic E-state index is 11.9. The van der Waals surface area contributed by atoms with Crippen LogP contribution in [0.4, 0.5) is 4.79 Å². The number of nitrogens with zero attached hydrogens (tertiary/aromatic N) is 1. The molecule has 6 heteroatoms. The molecule has 0 atom stereocenters. The molecule has 0 aromatic heterocycles. The second kappa shape index (κ2) is 9.10. The predicted octanol–water partition coefficient (Wildman–Crippen LogP) is 1.08. The van der Waals surface area contributed by atoms with E-state index in [1.54, 1.807) is 0 Å². The van der Waals surface area contributed by atoms with Gasteiger partial charge in [0.1, 0.15) is 0 Å². The zero-order chi connectivity index (χ0) is 15.8. The minimum Gasteiger partial charge on any atom is -0.335 e. The van der Waals surface area contributed by atoms with E-state index in [1.807, 2.05) is 7.05 Å². The Hall–Kier alpha value is -1.14. The average molecular weight is 310 g/mol. The number of piperidine rings is 1. The summed E-state index contributed by atoms with van der Waals surface area (Å²) in [7, 11) is 1.98. The molecule has 0 aromatic rings. The van der Waals surface area contributed by atoms with Gasteiger partial charge in [0, 0.05) is 6.04 Å². The quantitative estimate of drug-likeness (QED) is 0.710. The van der Waals surface area contributed by atoms with Crippen molar-refractivity contribution in [1.29, 1.82) is 0 Å². The minimum atomic E-state index is -0.332. The van der Waals surface area contributed by atoms with Crippen LogP contribution >= 0.6 is 0 Å². The van der Waals surface area contributed by atoms with Crippen LogP contribution in [0.5, 0.6) is 0 Å². The molecule has 1 aliphatic heterocycles. The second-order valence-corrected chi connectivity index (χ2v) is 6.63. The van der Waals surface area contributed by atoms with E-state index in [9.17, 15) is 9.59 Å². The normalized spacial score (nSPS) is 21.5. The van der Waals surface area contributed by atoms with Gasteiger partial charge in [-0.3, -0.25) is 15.0 Å². The van der Waals surface area contributed by atoms with Gasteiger partial charge < -0.3 is 10.6 Å². The van der Waals surface area contributed by atoms with Crippen LogP contribution in [0.25, 0.3) is 0 Å². The molecule has 1 heterocycles. The van der Waals surface area contributed by atoms with Gasteiger partial charge in [-0.15, -0.1) is 0 Å². The van der Waals surface area contributed by atoms with Gasteiger partial charge in [-0.05, 0) is 58.3 Å². The van der Waals surface area contributed by atoms with Gasteiger partial charge in [0.2, 0.25) is 5.91 Å². The Kier molecular flexibility index (Phi) is 7.12. The zero-order valence-electron chi connectivity index (χ0n) is 13.7. The molecular weight excluding hydrogens is 280 g/mol. The van der Waals surface area contributed by atoms with Crippen molar-refractivity contribution in [2.45, 2.75) is 51.0 Å². The third-order valence-corrected chi connectivity index (χ3v) is 4.76. The number of carbonyl (C=O) groups is 2. The number of urea groups is 1. The highest BCUT2D eigenvalue weighted by atomic mass is 16.2. The van der Waals surface area contributed by atoms with Crippen LogP contribution in [0.3, 0.4) is 0 Å². The summed E-state index contributed by atoms with van der Waals surface area (Å²) in [6, 6.07) is -0.0965. The van der Waals surface area contributed by atoms with Crippen molar-refractivity contribution in [1.82, 2.24) is 20.9 Å². The van der Waals surface area contributed by atoms with Gasteiger partial charge in [-0.2, -0.15) is 0 Å². The predicted molar refractivity (Wildman–Crippen MR) is 86.6 cm³/mol. The molecule has 1 aliphatic carbocycles. The largest absolute Gasteiger partial charge is 0.335 e. The van der Waals surface area contributed by atoms with Crippen molar-refractivity contribution in [2.75, 3.05) is 33.2 Å². The fraction of sp³-hybridized carbons (Fsp3) is 0.875. The second-order valence-electron chi connectivity index (χ2n) is 6.63. The van der Waals surface area contributed by atoms with Crippen LogP contribution in [0.2, 0.25) is 0 Å². The maximum atomic E-state index is 11.9. The van der Waals surface area contributed by atoms with Crippen molar-refractivity contribution < 1.29 is 9.59 Å². The van der Waals surface area contributed by atoms with E-state index in [2.05, 4.69) is 20.9 Å². The van der Waals surface area contributed by atoms with Gasteiger partial charge in [-0.25, -0.2) is 4.79 Å². The van der Waals surface area contributed by atoms with Crippen LogP contribution in [0.1, 0.15) is 44.9 Å². The van der Waals surface area contributed by atoms with Crippen LogP contribution in [0.15, 0.2) is 0 Å². The van der Waals surface area contributed by atoms with Gasteiger partial charge in [0.15, 0.2) is 0 Å². The first-order chi connectivity index (χ1) is 10.7. The van der Waals surface area contributed by atoms with E-state index in [-0.39, 0.29) is 18.0 Å². The Morgan fingerprint density at radius 1 is 1.05 bits per heavy atom. The van der Waals surface area contributed by atoms with Crippen LogP contribution in [-0.4, -0.2) is 56.1 Å². The Morgan fingerprint density at radius 3 is 2.36 bits per heavy atom. The van der Waals surface area contributed by atoms with E-state index in [1.165, 1.54) is 19.3 Å². The Morgan fingerprint density at radius 2 is 1.73 bits per heavy atom. The summed E-state index contributed by atoms with van der Waals surface area (Å²) < 4.78 is 0. The first-order valence-electron chi connectivity index (χ1n) is 8.64. The van der Waals surface area contributed by atoms with Crippen molar-refractivity contribution in [3.05, 3.63) is 0 Å². The molecule has 1 saturated heterocycles. The molecule has 0 unspecified atom stereocenters. The SMILES string of the molecule is CNCC1CCN(CC(=O)NC(=O)NC2CCCCC2)CC1. The maximum Gasteiger partial charge on any atom is 0.321 e. The Balaban J connectivity index is 1.62. The third kappa shape index (κ3) is 5.93. The van der Waals surface area contributed by atoms with Gasteiger partial charge >= 0.3 is 6.03 Å². The van der Waals surface area contributed by atoms with E-state index in [4.69, 9.17) is 0 Å². The molecule has 0 aromatic carbocycles. The highest BCUT2D eigenvalue weighted by molar-refractivity contribution is 5.95. The number of hydrogen-bond acceptors (Lipinski definition) is 4. The number of amides is 3. The summed E-state index contributed by atoms with van der Waals surface area (Å²) in [5.74, 6) is 0.513. The van der Waals surface area contributed by atoms with Crippen molar-refractivity contribution in [3.8, 4) is 0 Å². The van der Waals surface area contributed by atoms with Crippen molar-refractivity contribution in [3.63, 3.8) is 0 Å². The molecule has 0 radical (unpaired) electrons. The molecule has 3 amide bonds. The molecule has 2 rings (SSSR count). The van der Waals surface area contributed by atoms with Gasteiger partial charge in [0.05, 0.1) is 6.54 Å². The number of rotatable bonds is 5. The third-order valence-electron chi connectivity index (χ3n) is 4.76. The Labute approximate surface area is 133 Å². The van der Waals surface area contributed by atoms with Crippen LogP contribution < -0.4 is 16.0 Å². The monoisotopic (exact) mass is 310 g/mol. The van der Waals surface area contributed by atoms with Gasteiger partial charge in [-0.1, -0.05) is 19.3 Å². The number of likely N-dealkylation sites (tertiary alicyclic amines) is 1. The standard InChI is InChI=1S/C16H30N4O2/c1-17-11-13-7-9-20(10-8-13)12-15(21)19-16(22)18-14-5-3-2-4-6-14/h13-14,17H,2-12H2,1H3,(H2,18,19,21,22). The fourth-order valence-corrected chi connectivity index (χ4v) is 3.48. The van der Waals surface area contributed by atoms with Crippen LogP contribution in [0, 0.1) is 5.92 Å². The zero-order valence-corrected chi connectivity index (χ0v) is 13.7. The number of carbonyl (C=O) groups excluding carboxylic acids is 2. The molecule has 126 valence electrons. The molecular formula is C16H30N4O2. The van der Waals surface area contributed by atoms with E-state index < -0.39 is 0 Å². The van der Waals surface area contributed by atoms with Crippen molar-refractivity contribution in [2.24, 2.45) is 5.92 Å².